The summed E-state index contributed by atoms with van der Waals surface area (Å²) >= 11 is 0. The van der Waals surface area contributed by atoms with Crippen molar-refractivity contribution in [2.45, 2.75) is 6.92 Å². The number of benzene rings is 3. The zero-order chi connectivity index (χ0) is 19.1. The van der Waals surface area contributed by atoms with E-state index in [2.05, 4.69) is 0 Å². The number of amides is 2. The molecule has 5 nitrogen and oxygen atoms in total. The number of imide groups is 1. The van der Waals surface area contributed by atoms with E-state index in [9.17, 15) is 19.5 Å². The van der Waals surface area contributed by atoms with Crippen LogP contribution in [0.25, 0.3) is 11.1 Å². The SMILES string of the molecule is Cc1ccc(-c2ccc(C(=O)O)c(N3C(=O)c4ccccc4C3=O)c2)cc1. The van der Waals surface area contributed by atoms with Crippen molar-refractivity contribution in [3.05, 3.63) is 89.0 Å². The van der Waals surface area contributed by atoms with Gasteiger partial charge in [0.25, 0.3) is 11.8 Å². The van der Waals surface area contributed by atoms with Crippen LogP contribution >= 0.6 is 0 Å². The number of aromatic carboxylic acids is 1. The number of carboxylic acids is 1. The van der Waals surface area contributed by atoms with Gasteiger partial charge in [0.05, 0.1) is 22.4 Å². The number of hydrogen-bond donors (Lipinski definition) is 1. The summed E-state index contributed by atoms with van der Waals surface area (Å²) in [5, 5.41) is 9.56. The summed E-state index contributed by atoms with van der Waals surface area (Å²) < 4.78 is 0. The van der Waals surface area contributed by atoms with Crippen LogP contribution in [0.15, 0.2) is 66.7 Å². The molecule has 0 unspecified atom stereocenters. The normalized spacial score (nSPS) is 13.0. The van der Waals surface area contributed by atoms with E-state index >= 15 is 0 Å². The topological polar surface area (TPSA) is 74.7 Å². The van der Waals surface area contributed by atoms with E-state index in [1.807, 2.05) is 31.2 Å². The number of carboxylic acid groups (broad SMARTS) is 1. The van der Waals surface area contributed by atoms with E-state index in [1.54, 1.807) is 36.4 Å². The van der Waals surface area contributed by atoms with Crippen LogP contribution in [0, 0.1) is 6.92 Å². The molecule has 5 heteroatoms. The van der Waals surface area contributed by atoms with Gasteiger partial charge >= 0.3 is 5.97 Å². The van der Waals surface area contributed by atoms with Gasteiger partial charge in [0.2, 0.25) is 0 Å². The lowest BCUT2D eigenvalue weighted by Crippen LogP contribution is -2.31. The molecule has 0 saturated carbocycles. The second-order valence-corrected chi connectivity index (χ2v) is 6.39. The molecule has 27 heavy (non-hydrogen) atoms. The Morgan fingerprint density at radius 2 is 1.37 bits per heavy atom. The Balaban J connectivity index is 1.88. The minimum atomic E-state index is -1.20. The fourth-order valence-electron chi connectivity index (χ4n) is 3.23. The highest BCUT2D eigenvalue weighted by Gasteiger charge is 2.38. The van der Waals surface area contributed by atoms with E-state index in [0.29, 0.717) is 0 Å². The summed E-state index contributed by atoms with van der Waals surface area (Å²) in [4.78, 5) is 38.2. The Bertz CT molecular complexity index is 1060. The van der Waals surface area contributed by atoms with Gasteiger partial charge < -0.3 is 5.11 Å². The van der Waals surface area contributed by atoms with Gasteiger partial charge in [0.15, 0.2) is 0 Å². The van der Waals surface area contributed by atoms with Gasteiger partial charge in [-0.05, 0) is 42.3 Å². The third kappa shape index (κ3) is 2.69. The monoisotopic (exact) mass is 357 g/mol. The number of carbonyl (C=O) groups is 3. The Labute approximate surface area is 155 Å². The van der Waals surface area contributed by atoms with E-state index in [0.717, 1.165) is 21.6 Å². The maximum absolute atomic E-state index is 12.8. The molecular formula is C22H15NO4. The molecule has 0 bridgehead atoms. The van der Waals surface area contributed by atoms with Gasteiger partial charge in [-0.2, -0.15) is 0 Å². The van der Waals surface area contributed by atoms with Gasteiger partial charge in [0.1, 0.15) is 0 Å². The van der Waals surface area contributed by atoms with Crippen LogP contribution in [-0.4, -0.2) is 22.9 Å². The number of anilines is 1. The maximum Gasteiger partial charge on any atom is 0.337 e. The zero-order valence-electron chi connectivity index (χ0n) is 14.5. The van der Waals surface area contributed by atoms with E-state index in [-0.39, 0.29) is 22.4 Å². The lowest BCUT2D eigenvalue weighted by atomic mass is 10.0. The molecule has 3 aromatic carbocycles. The Kier molecular flexibility index (Phi) is 3.85. The molecule has 1 aliphatic heterocycles. The second kappa shape index (κ2) is 6.21. The van der Waals surface area contributed by atoms with Crippen LogP contribution in [0.1, 0.15) is 36.6 Å². The Hall–Kier alpha value is -3.73. The number of rotatable bonds is 3. The molecule has 0 aromatic heterocycles. The zero-order valence-corrected chi connectivity index (χ0v) is 14.5. The lowest BCUT2D eigenvalue weighted by molar-refractivity contribution is 0.0698. The highest BCUT2D eigenvalue weighted by atomic mass is 16.4. The molecule has 1 N–H and O–H groups in total. The quantitative estimate of drug-likeness (QED) is 0.714. The number of hydrogen-bond acceptors (Lipinski definition) is 3. The smallest absolute Gasteiger partial charge is 0.337 e. The summed E-state index contributed by atoms with van der Waals surface area (Å²) in [6, 6.07) is 18.9. The molecular weight excluding hydrogens is 342 g/mol. The number of aryl methyl sites for hydroxylation is 1. The van der Waals surface area contributed by atoms with Crippen molar-refractivity contribution in [3.63, 3.8) is 0 Å². The van der Waals surface area contributed by atoms with E-state index < -0.39 is 17.8 Å². The highest BCUT2D eigenvalue weighted by molar-refractivity contribution is 6.35. The van der Waals surface area contributed by atoms with Crippen molar-refractivity contribution in [1.82, 2.24) is 0 Å². The first-order valence-electron chi connectivity index (χ1n) is 8.39. The van der Waals surface area contributed by atoms with Crippen LogP contribution in [-0.2, 0) is 0 Å². The van der Waals surface area contributed by atoms with Crippen molar-refractivity contribution in [1.29, 1.82) is 0 Å². The first kappa shape index (κ1) is 16.7. The molecule has 0 fully saturated rings. The Morgan fingerprint density at radius 1 is 0.815 bits per heavy atom. The molecule has 0 aliphatic carbocycles. The number of nitrogens with zero attached hydrogens (tertiary/aromatic N) is 1. The van der Waals surface area contributed by atoms with Crippen LogP contribution in [0.2, 0.25) is 0 Å². The van der Waals surface area contributed by atoms with Crippen LogP contribution < -0.4 is 4.90 Å². The van der Waals surface area contributed by atoms with Crippen molar-refractivity contribution in [2.75, 3.05) is 4.90 Å². The standard InChI is InChI=1S/C22H15NO4/c1-13-6-8-14(9-7-13)15-10-11-18(22(26)27)19(12-15)23-20(24)16-4-2-3-5-17(16)21(23)25/h2-12H,1H3,(H,26,27). The predicted octanol–water partition coefficient (Wildman–Crippen LogP) is 4.16. The second-order valence-electron chi connectivity index (χ2n) is 6.39. The van der Waals surface area contributed by atoms with E-state index in [1.165, 1.54) is 6.07 Å². The average molecular weight is 357 g/mol. The molecule has 132 valence electrons. The summed E-state index contributed by atoms with van der Waals surface area (Å²) in [7, 11) is 0. The summed E-state index contributed by atoms with van der Waals surface area (Å²) in [5.41, 5.74) is 3.23. The van der Waals surface area contributed by atoms with Crippen molar-refractivity contribution in [3.8, 4) is 11.1 Å². The van der Waals surface area contributed by atoms with Crippen LogP contribution in [0.5, 0.6) is 0 Å². The van der Waals surface area contributed by atoms with Gasteiger partial charge in [-0.3, -0.25) is 9.59 Å². The molecule has 1 aliphatic rings. The third-order valence-electron chi connectivity index (χ3n) is 4.65. The van der Waals surface area contributed by atoms with Gasteiger partial charge in [-0.25, -0.2) is 9.69 Å². The average Bonchev–Trinajstić information content (AvgIpc) is 2.93. The molecule has 0 atom stereocenters. The summed E-state index contributed by atoms with van der Waals surface area (Å²) in [6.07, 6.45) is 0. The number of fused-ring (bicyclic) bond motifs is 1. The fraction of sp³-hybridized carbons (Fsp3) is 0.0455. The molecule has 0 saturated heterocycles. The van der Waals surface area contributed by atoms with Crippen LogP contribution in [0.4, 0.5) is 5.69 Å². The first-order chi connectivity index (χ1) is 13.0. The highest BCUT2D eigenvalue weighted by Crippen LogP contribution is 2.34. The fourth-order valence-corrected chi connectivity index (χ4v) is 3.23. The van der Waals surface area contributed by atoms with Gasteiger partial charge in [-0.1, -0.05) is 48.0 Å². The maximum atomic E-state index is 12.8. The van der Waals surface area contributed by atoms with Crippen molar-refractivity contribution < 1.29 is 19.5 Å². The summed E-state index contributed by atoms with van der Waals surface area (Å²) in [6.45, 7) is 1.97. The van der Waals surface area contributed by atoms with Crippen molar-refractivity contribution in [2.24, 2.45) is 0 Å². The lowest BCUT2D eigenvalue weighted by Gasteiger charge is -2.18. The van der Waals surface area contributed by atoms with Gasteiger partial charge in [-0.15, -0.1) is 0 Å². The van der Waals surface area contributed by atoms with Crippen molar-refractivity contribution >= 4 is 23.5 Å². The minimum Gasteiger partial charge on any atom is -0.478 e. The molecule has 2 amide bonds. The largest absolute Gasteiger partial charge is 0.478 e. The minimum absolute atomic E-state index is 0.0757. The third-order valence-corrected chi connectivity index (χ3v) is 4.65. The Morgan fingerprint density at radius 3 is 1.93 bits per heavy atom. The van der Waals surface area contributed by atoms with Gasteiger partial charge in [0, 0.05) is 0 Å². The molecule has 0 radical (unpaired) electrons. The first-order valence-corrected chi connectivity index (χ1v) is 8.39. The summed E-state index contributed by atoms with van der Waals surface area (Å²) in [5.74, 6) is -2.23. The predicted molar refractivity (Wildman–Crippen MR) is 101 cm³/mol. The van der Waals surface area contributed by atoms with E-state index in [4.69, 9.17) is 0 Å². The van der Waals surface area contributed by atoms with Crippen LogP contribution in [0.3, 0.4) is 0 Å². The molecule has 0 spiro atoms. The molecule has 3 aromatic rings. The molecule has 1 heterocycles. The number of carbonyl (C=O) groups excluding carboxylic acids is 2. The molecule has 4 rings (SSSR count).